The lowest BCUT2D eigenvalue weighted by Crippen LogP contribution is -2.47. The molecule has 3 aromatic rings. The van der Waals surface area contributed by atoms with E-state index >= 15 is 4.39 Å². The number of piperazine rings is 1. The molecule has 2 aromatic heterocycles. The van der Waals surface area contributed by atoms with Crippen molar-refractivity contribution in [1.29, 1.82) is 0 Å². The number of aliphatic imine (C=N–C) groups is 1. The first kappa shape index (κ1) is 24.9. The van der Waals surface area contributed by atoms with Crippen LogP contribution >= 0.6 is 0 Å². The van der Waals surface area contributed by atoms with Crippen LogP contribution in [0.3, 0.4) is 0 Å². The molecule has 3 aliphatic rings. The number of aryl methyl sites for hydroxylation is 1. The van der Waals surface area contributed by atoms with Gasteiger partial charge in [-0.25, -0.2) is 19.3 Å². The Morgan fingerprint density at radius 3 is 2.53 bits per heavy atom. The molecule has 8 nitrogen and oxygen atoms in total. The van der Waals surface area contributed by atoms with E-state index in [9.17, 15) is 0 Å². The van der Waals surface area contributed by atoms with Crippen LogP contribution in [-0.2, 0) is 5.41 Å². The molecule has 0 bridgehead atoms. The standard InChI is InChI=1S/C29H34FN7O/c1-19-15-21(16-23-26(19)33-20(2)29(23)7-3-4-8-29)27-24(30)18-32-28(35-27)34-25-6-5-22(17-31-25)37-11-9-36(10-12-37)13-14-38/h5-6,15-18,38H,3-4,7-14H2,1-2H3,(H,31,32,34,35). The summed E-state index contributed by atoms with van der Waals surface area (Å²) in [7, 11) is 0. The van der Waals surface area contributed by atoms with E-state index in [-0.39, 0.29) is 17.7 Å². The molecule has 0 amide bonds. The average molecular weight is 516 g/mol. The number of hydrogen-bond donors (Lipinski definition) is 2. The van der Waals surface area contributed by atoms with Crippen LogP contribution in [0.5, 0.6) is 0 Å². The molecule has 0 radical (unpaired) electrons. The number of halogens is 1. The third-order valence-corrected chi connectivity index (χ3v) is 8.40. The molecule has 9 heteroatoms. The van der Waals surface area contributed by atoms with E-state index in [1.165, 1.54) is 30.3 Å². The summed E-state index contributed by atoms with van der Waals surface area (Å²) in [5.41, 5.74) is 6.54. The Balaban J connectivity index is 1.22. The van der Waals surface area contributed by atoms with Crippen LogP contribution in [0.25, 0.3) is 11.3 Å². The lowest BCUT2D eigenvalue weighted by molar-refractivity contribution is 0.189. The van der Waals surface area contributed by atoms with Gasteiger partial charge in [-0.05, 0) is 62.1 Å². The second-order valence-corrected chi connectivity index (χ2v) is 10.6. The van der Waals surface area contributed by atoms with Crippen molar-refractivity contribution in [3.8, 4) is 11.3 Å². The number of fused-ring (bicyclic) bond motifs is 2. The van der Waals surface area contributed by atoms with Crippen molar-refractivity contribution in [3.63, 3.8) is 0 Å². The maximum absolute atomic E-state index is 15.0. The lowest BCUT2D eigenvalue weighted by atomic mass is 9.75. The fraction of sp³-hybridized carbons (Fsp3) is 0.448. The zero-order valence-corrected chi connectivity index (χ0v) is 22.0. The molecule has 0 unspecified atom stereocenters. The molecule has 2 aliphatic heterocycles. The summed E-state index contributed by atoms with van der Waals surface area (Å²) in [5, 5.41) is 12.3. The van der Waals surface area contributed by atoms with E-state index in [0.29, 0.717) is 18.3 Å². The first-order valence-corrected chi connectivity index (χ1v) is 13.5. The number of β-amino-alcohol motifs (C(OH)–C–C–N with tert-alkyl or cyclic N) is 1. The van der Waals surface area contributed by atoms with E-state index in [2.05, 4.69) is 43.1 Å². The summed E-state index contributed by atoms with van der Waals surface area (Å²) < 4.78 is 15.0. The zero-order chi connectivity index (χ0) is 26.3. The van der Waals surface area contributed by atoms with Crippen molar-refractivity contribution in [2.24, 2.45) is 4.99 Å². The van der Waals surface area contributed by atoms with E-state index in [1.807, 2.05) is 31.3 Å². The zero-order valence-electron chi connectivity index (χ0n) is 22.0. The van der Waals surface area contributed by atoms with Crippen LogP contribution < -0.4 is 10.2 Å². The Hall–Kier alpha value is -3.43. The van der Waals surface area contributed by atoms with Gasteiger partial charge in [0.2, 0.25) is 5.95 Å². The maximum Gasteiger partial charge on any atom is 0.229 e. The molecular formula is C29H34FN7O. The molecule has 4 heterocycles. The quantitative estimate of drug-likeness (QED) is 0.489. The molecule has 2 fully saturated rings. The predicted octanol–water partition coefficient (Wildman–Crippen LogP) is 4.76. The van der Waals surface area contributed by atoms with Crippen molar-refractivity contribution in [2.45, 2.75) is 44.9 Å². The molecule has 198 valence electrons. The molecular weight excluding hydrogens is 481 g/mol. The minimum atomic E-state index is -0.449. The van der Waals surface area contributed by atoms with Gasteiger partial charge in [-0.15, -0.1) is 0 Å². The SMILES string of the molecule is CC1=Nc2c(C)cc(-c3nc(Nc4ccc(N5CCN(CCO)CC5)cn4)ncc3F)cc2C12CCCC2. The van der Waals surface area contributed by atoms with Crippen molar-refractivity contribution in [3.05, 3.63) is 53.6 Å². The highest BCUT2D eigenvalue weighted by atomic mass is 19.1. The second kappa shape index (κ2) is 10.0. The van der Waals surface area contributed by atoms with E-state index in [0.717, 1.165) is 61.5 Å². The molecule has 38 heavy (non-hydrogen) atoms. The molecule has 1 aromatic carbocycles. The monoisotopic (exact) mass is 515 g/mol. The smallest absolute Gasteiger partial charge is 0.229 e. The number of nitrogens with zero attached hydrogens (tertiary/aromatic N) is 6. The van der Waals surface area contributed by atoms with Crippen molar-refractivity contribution in [1.82, 2.24) is 19.9 Å². The Morgan fingerprint density at radius 1 is 1.03 bits per heavy atom. The molecule has 1 saturated carbocycles. The highest BCUT2D eigenvalue weighted by Gasteiger charge is 2.44. The predicted molar refractivity (Wildman–Crippen MR) is 148 cm³/mol. The Labute approximate surface area is 222 Å². The number of aliphatic hydroxyl groups is 1. The van der Waals surface area contributed by atoms with Gasteiger partial charge in [0.15, 0.2) is 5.82 Å². The van der Waals surface area contributed by atoms with Gasteiger partial charge in [-0.2, -0.15) is 0 Å². The largest absolute Gasteiger partial charge is 0.395 e. The van der Waals surface area contributed by atoms with Crippen LogP contribution in [0.15, 0.2) is 41.7 Å². The second-order valence-electron chi connectivity index (χ2n) is 10.6. The van der Waals surface area contributed by atoms with Gasteiger partial charge >= 0.3 is 0 Å². The van der Waals surface area contributed by atoms with Crippen molar-refractivity contribution >= 4 is 28.9 Å². The number of hydrogen-bond acceptors (Lipinski definition) is 8. The van der Waals surface area contributed by atoms with Crippen LogP contribution in [0.4, 0.5) is 27.5 Å². The fourth-order valence-electron chi connectivity index (χ4n) is 6.27. The van der Waals surface area contributed by atoms with Gasteiger partial charge < -0.3 is 15.3 Å². The van der Waals surface area contributed by atoms with Gasteiger partial charge in [0.25, 0.3) is 0 Å². The normalized spacial score (nSPS) is 18.6. The van der Waals surface area contributed by atoms with Crippen molar-refractivity contribution < 1.29 is 9.50 Å². The van der Waals surface area contributed by atoms with Gasteiger partial charge in [0.05, 0.1) is 30.4 Å². The minimum absolute atomic E-state index is 0.0160. The Morgan fingerprint density at radius 2 is 1.82 bits per heavy atom. The van der Waals surface area contributed by atoms with Crippen molar-refractivity contribution in [2.75, 3.05) is 49.5 Å². The van der Waals surface area contributed by atoms with Crippen LogP contribution in [-0.4, -0.2) is 70.0 Å². The number of aliphatic hydroxyl groups excluding tert-OH is 1. The summed E-state index contributed by atoms with van der Waals surface area (Å²) in [6.07, 6.45) is 7.63. The summed E-state index contributed by atoms with van der Waals surface area (Å²) >= 11 is 0. The lowest BCUT2D eigenvalue weighted by Gasteiger charge is -2.35. The number of anilines is 3. The third-order valence-electron chi connectivity index (χ3n) is 8.40. The molecule has 0 atom stereocenters. The summed E-state index contributed by atoms with van der Waals surface area (Å²) in [5.74, 6) is 0.458. The van der Waals surface area contributed by atoms with E-state index in [4.69, 9.17) is 10.1 Å². The van der Waals surface area contributed by atoms with Gasteiger partial charge in [0, 0.05) is 49.4 Å². The molecule has 1 spiro atoms. The Kier molecular flexibility index (Phi) is 6.57. The van der Waals surface area contributed by atoms with Crippen LogP contribution in [0.1, 0.15) is 43.7 Å². The molecule has 2 N–H and O–H groups in total. The maximum atomic E-state index is 15.0. The number of aromatic nitrogens is 3. The number of nitrogens with one attached hydrogen (secondary N) is 1. The first-order chi connectivity index (χ1) is 18.5. The van der Waals surface area contributed by atoms with E-state index in [1.54, 1.807) is 0 Å². The highest BCUT2D eigenvalue weighted by molar-refractivity contribution is 6.01. The van der Waals surface area contributed by atoms with Gasteiger partial charge in [0.1, 0.15) is 11.5 Å². The molecule has 1 aliphatic carbocycles. The molecule has 6 rings (SSSR count). The molecule has 1 saturated heterocycles. The summed E-state index contributed by atoms with van der Waals surface area (Å²) in [4.78, 5) is 22.8. The minimum Gasteiger partial charge on any atom is -0.395 e. The Bertz CT molecular complexity index is 1360. The van der Waals surface area contributed by atoms with E-state index < -0.39 is 5.82 Å². The topological polar surface area (TPSA) is 89.8 Å². The number of benzene rings is 1. The van der Waals surface area contributed by atoms with Crippen LogP contribution in [0, 0.1) is 12.7 Å². The van der Waals surface area contributed by atoms with Gasteiger partial charge in [-0.3, -0.25) is 9.89 Å². The summed E-state index contributed by atoms with van der Waals surface area (Å²) in [6.45, 7) is 8.71. The van der Waals surface area contributed by atoms with Crippen LogP contribution in [0.2, 0.25) is 0 Å². The number of rotatable bonds is 6. The summed E-state index contributed by atoms with van der Waals surface area (Å²) in [6, 6.07) is 7.99. The first-order valence-electron chi connectivity index (χ1n) is 13.5. The number of pyridine rings is 1. The average Bonchev–Trinajstić information content (AvgIpc) is 3.53. The van der Waals surface area contributed by atoms with Gasteiger partial charge in [-0.1, -0.05) is 12.8 Å². The third kappa shape index (κ3) is 4.43. The fourth-order valence-corrected chi connectivity index (χ4v) is 6.27. The highest BCUT2D eigenvalue weighted by Crippen LogP contribution is 2.52.